The third kappa shape index (κ3) is 2.25. The van der Waals surface area contributed by atoms with Crippen LogP contribution in [0.25, 0.3) is 10.1 Å². The smallest absolute Gasteiger partial charge is 0.270 e. The Morgan fingerprint density at radius 2 is 2.05 bits per heavy atom. The van der Waals surface area contributed by atoms with Crippen molar-refractivity contribution in [1.82, 2.24) is 4.98 Å². The van der Waals surface area contributed by atoms with Gasteiger partial charge in [-0.3, -0.25) is 9.78 Å². The van der Waals surface area contributed by atoms with Crippen molar-refractivity contribution < 1.29 is 4.79 Å². The zero-order valence-corrected chi connectivity index (χ0v) is 12.6. The van der Waals surface area contributed by atoms with Gasteiger partial charge in [0.25, 0.3) is 5.91 Å². The number of pyridine rings is 1. The number of aromatic nitrogens is 1. The van der Waals surface area contributed by atoms with Crippen LogP contribution < -0.4 is 10.6 Å². The van der Waals surface area contributed by atoms with E-state index in [1.165, 1.54) is 11.3 Å². The molecule has 0 unspecified atom stereocenters. The number of benzene rings is 1. The molecule has 21 heavy (non-hydrogen) atoms. The van der Waals surface area contributed by atoms with Crippen LogP contribution in [0, 0.1) is 6.92 Å². The van der Waals surface area contributed by atoms with Gasteiger partial charge in [-0.25, -0.2) is 0 Å². The Hall–Kier alpha value is -2.40. The van der Waals surface area contributed by atoms with E-state index in [1.54, 1.807) is 24.3 Å². The van der Waals surface area contributed by atoms with Gasteiger partial charge in [-0.05, 0) is 24.6 Å². The fourth-order valence-electron chi connectivity index (χ4n) is 2.33. The third-order valence-corrected chi connectivity index (χ3v) is 4.65. The summed E-state index contributed by atoms with van der Waals surface area (Å²) in [7, 11) is 1.77. The van der Waals surface area contributed by atoms with Crippen molar-refractivity contribution >= 4 is 38.7 Å². The van der Waals surface area contributed by atoms with Crippen molar-refractivity contribution in [3.8, 4) is 0 Å². The number of hydrogen-bond acceptors (Lipinski definition) is 4. The number of aryl methyl sites for hydroxylation is 1. The van der Waals surface area contributed by atoms with Crippen molar-refractivity contribution in [2.75, 3.05) is 17.7 Å². The zero-order valence-electron chi connectivity index (χ0n) is 11.8. The molecule has 106 valence electrons. The summed E-state index contributed by atoms with van der Waals surface area (Å²) in [5, 5.41) is 0.886. The van der Waals surface area contributed by atoms with Crippen molar-refractivity contribution in [3.05, 3.63) is 53.2 Å². The lowest BCUT2D eigenvalue weighted by Gasteiger charge is -2.19. The van der Waals surface area contributed by atoms with Crippen LogP contribution in [0.5, 0.6) is 0 Å². The van der Waals surface area contributed by atoms with Crippen LogP contribution in [-0.4, -0.2) is 17.9 Å². The highest BCUT2D eigenvalue weighted by molar-refractivity contribution is 7.21. The Morgan fingerprint density at radius 3 is 2.76 bits per heavy atom. The van der Waals surface area contributed by atoms with Gasteiger partial charge in [-0.15, -0.1) is 11.3 Å². The van der Waals surface area contributed by atoms with Crippen LogP contribution >= 0.6 is 11.3 Å². The molecule has 0 saturated heterocycles. The van der Waals surface area contributed by atoms with E-state index in [1.807, 2.05) is 37.3 Å². The minimum atomic E-state index is -0.0944. The summed E-state index contributed by atoms with van der Waals surface area (Å²) < 4.78 is 0.927. The topological polar surface area (TPSA) is 59.2 Å². The molecule has 0 bridgehead atoms. The molecular formula is C16H15N3OS. The highest BCUT2D eigenvalue weighted by atomic mass is 32.1. The van der Waals surface area contributed by atoms with Gasteiger partial charge in [-0.1, -0.05) is 18.2 Å². The lowest BCUT2D eigenvalue weighted by atomic mass is 10.2. The Bertz CT molecular complexity index is 825. The summed E-state index contributed by atoms with van der Waals surface area (Å²) in [6.45, 7) is 1.98. The first-order chi connectivity index (χ1) is 10.1. The zero-order chi connectivity index (χ0) is 15.0. The van der Waals surface area contributed by atoms with Gasteiger partial charge in [0.2, 0.25) is 0 Å². The highest BCUT2D eigenvalue weighted by Gasteiger charge is 2.21. The highest BCUT2D eigenvalue weighted by Crippen LogP contribution is 2.34. The summed E-state index contributed by atoms with van der Waals surface area (Å²) >= 11 is 1.38. The van der Waals surface area contributed by atoms with Crippen molar-refractivity contribution in [1.29, 1.82) is 0 Å². The molecule has 0 spiro atoms. The Kier molecular flexibility index (Phi) is 3.35. The van der Waals surface area contributed by atoms with E-state index in [0.29, 0.717) is 10.6 Å². The first-order valence-electron chi connectivity index (χ1n) is 6.55. The molecule has 4 nitrogen and oxygen atoms in total. The maximum absolute atomic E-state index is 12.7. The molecule has 1 amide bonds. The molecule has 0 saturated carbocycles. The number of carbonyl (C=O) groups is 1. The maximum atomic E-state index is 12.7. The SMILES string of the molecule is Cc1ccccc1N(C)C(=O)c1sc2cnccc2c1N. The van der Waals surface area contributed by atoms with E-state index in [-0.39, 0.29) is 5.91 Å². The Labute approximate surface area is 126 Å². The lowest BCUT2D eigenvalue weighted by Crippen LogP contribution is -2.26. The van der Waals surface area contributed by atoms with E-state index in [2.05, 4.69) is 4.98 Å². The molecule has 0 aliphatic heterocycles. The molecule has 3 rings (SSSR count). The maximum Gasteiger partial charge on any atom is 0.270 e. The van der Waals surface area contributed by atoms with E-state index >= 15 is 0 Å². The fraction of sp³-hybridized carbons (Fsp3) is 0.125. The minimum absolute atomic E-state index is 0.0944. The standard InChI is InChI=1S/C16H15N3OS/c1-10-5-3-4-6-12(10)19(2)16(20)15-14(17)11-7-8-18-9-13(11)21-15/h3-9H,17H2,1-2H3. The van der Waals surface area contributed by atoms with Crippen LogP contribution in [0.3, 0.4) is 0 Å². The monoisotopic (exact) mass is 297 g/mol. The molecule has 1 aromatic carbocycles. The first-order valence-corrected chi connectivity index (χ1v) is 7.37. The van der Waals surface area contributed by atoms with Gasteiger partial charge in [0.05, 0.1) is 10.4 Å². The fourth-order valence-corrected chi connectivity index (χ4v) is 3.40. The number of amides is 1. The third-order valence-electron chi connectivity index (χ3n) is 3.51. The predicted molar refractivity (Wildman–Crippen MR) is 87.9 cm³/mol. The second-order valence-electron chi connectivity index (χ2n) is 4.87. The van der Waals surface area contributed by atoms with Gasteiger partial charge in [0.1, 0.15) is 4.88 Å². The number of hydrogen-bond donors (Lipinski definition) is 1. The average Bonchev–Trinajstić information content (AvgIpc) is 2.84. The van der Waals surface area contributed by atoms with Crippen molar-refractivity contribution in [3.63, 3.8) is 0 Å². The molecule has 2 N–H and O–H groups in total. The summed E-state index contributed by atoms with van der Waals surface area (Å²) in [5.41, 5.74) is 8.60. The molecule has 0 atom stereocenters. The van der Waals surface area contributed by atoms with Crippen LogP contribution in [0.2, 0.25) is 0 Å². The van der Waals surface area contributed by atoms with E-state index in [9.17, 15) is 4.79 Å². The van der Waals surface area contributed by atoms with Crippen LogP contribution in [0.4, 0.5) is 11.4 Å². The quantitative estimate of drug-likeness (QED) is 0.788. The van der Waals surface area contributed by atoms with Gasteiger partial charge in [0, 0.05) is 30.5 Å². The number of fused-ring (bicyclic) bond motifs is 1. The van der Waals surface area contributed by atoms with Crippen LogP contribution in [-0.2, 0) is 0 Å². The first kappa shape index (κ1) is 13.6. The number of nitrogens with two attached hydrogens (primary N) is 1. The number of thiophene rings is 1. The summed E-state index contributed by atoms with van der Waals surface area (Å²) in [6, 6.07) is 9.63. The Morgan fingerprint density at radius 1 is 1.29 bits per heavy atom. The molecule has 0 aliphatic carbocycles. The van der Waals surface area contributed by atoms with E-state index in [0.717, 1.165) is 21.3 Å². The van der Waals surface area contributed by atoms with Crippen molar-refractivity contribution in [2.24, 2.45) is 0 Å². The Balaban J connectivity index is 2.04. The van der Waals surface area contributed by atoms with Gasteiger partial charge < -0.3 is 10.6 Å². The molecular weight excluding hydrogens is 282 g/mol. The molecule has 2 aromatic heterocycles. The number of anilines is 2. The molecule has 0 radical (unpaired) electrons. The van der Waals surface area contributed by atoms with E-state index < -0.39 is 0 Å². The summed E-state index contributed by atoms with van der Waals surface area (Å²) in [4.78, 5) is 19.0. The predicted octanol–water partition coefficient (Wildman–Crippen LogP) is 3.46. The number of para-hydroxylation sites is 1. The van der Waals surface area contributed by atoms with Gasteiger partial charge in [0.15, 0.2) is 0 Å². The minimum Gasteiger partial charge on any atom is -0.397 e. The van der Waals surface area contributed by atoms with Gasteiger partial charge >= 0.3 is 0 Å². The lowest BCUT2D eigenvalue weighted by molar-refractivity contribution is 0.0997. The normalized spacial score (nSPS) is 10.8. The molecule has 0 fully saturated rings. The van der Waals surface area contributed by atoms with Crippen molar-refractivity contribution in [2.45, 2.75) is 6.92 Å². The van der Waals surface area contributed by atoms with Crippen LogP contribution in [0.15, 0.2) is 42.7 Å². The average molecular weight is 297 g/mol. The molecule has 3 aromatic rings. The number of carbonyl (C=O) groups excluding carboxylic acids is 1. The summed E-state index contributed by atoms with van der Waals surface area (Å²) in [6.07, 6.45) is 3.42. The largest absolute Gasteiger partial charge is 0.397 e. The van der Waals surface area contributed by atoms with Crippen LogP contribution in [0.1, 0.15) is 15.2 Å². The number of nitrogens with zero attached hydrogens (tertiary/aromatic N) is 2. The number of rotatable bonds is 2. The second-order valence-corrected chi connectivity index (χ2v) is 5.92. The van der Waals surface area contributed by atoms with Gasteiger partial charge in [-0.2, -0.15) is 0 Å². The molecule has 0 aliphatic rings. The number of nitrogen functional groups attached to an aromatic ring is 1. The second kappa shape index (κ2) is 5.18. The van der Waals surface area contributed by atoms with E-state index in [4.69, 9.17) is 5.73 Å². The summed E-state index contributed by atoms with van der Waals surface area (Å²) in [5.74, 6) is -0.0944. The molecule has 5 heteroatoms. The molecule has 2 heterocycles.